The number of rotatable bonds is 2. The standard InChI is InChI=1S/C14H21N3O2/c1-9-7-13(18)10(8-16-9)14(19)17-12-6-4-2-3-5-11(12)15/h7-8,11-12H,2-6,15H2,1H3,(H,16,18)(H,17,19). The fraction of sp³-hybridized carbons (Fsp3) is 0.571. The Labute approximate surface area is 112 Å². The predicted octanol–water partition coefficient (Wildman–Crippen LogP) is 1.07. The molecular weight excluding hydrogens is 242 g/mol. The van der Waals surface area contributed by atoms with Gasteiger partial charge in [0.05, 0.1) is 0 Å². The molecule has 2 unspecified atom stereocenters. The highest BCUT2D eigenvalue weighted by molar-refractivity contribution is 5.94. The van der Waals surface area contributed by atoms with Crippen LogP contribution in [0.15, 0.2) is 17.1 Å². The third-order valence-electron chi connectivity index (χ3n) is 3.69. The van der Waals surface area contributed by atoms with Crippen molar-refractivity contribution in [3.8, 4) is 0 Å². The second-order valence-electron chi connectivity index (χ2n) is 5.28. The number of pyridine rings is 1. The van der Waals surface area contributed by atoms with Gasteiger partial charge in [0.25, 0.3) is 5.91 Å². The molecule has 1 fully saturated rings. The van der Waals surface area contributed by atoms with Crippen molar-refractivity contribution in [2.75, 3.05) is 0 Å². The molecule has 1 aliphatic carbocycles. The maximum Gasteiger partial charge on any atom is 0.257 e. The van der Waals surface area contributed by atoms with E-state index in [0.717, 1.165) is 37.8 Å². The Morgan fingerprint density at radius 3 is 2.84 bits per heavy atom. The van der Waals surface area contributed by atoms with E-state index in [4.69, 9.17) is 5.73 Å². The highest BCUT2D eigenvalue weighted by atomic mass is 16.2. The lowest BCUT2D eigenvalue weighted by Gasteiger charge is -2.22. The summed E-state index contributed by atoms with van der Waals surface area (Å²) in [4.78, 5) is 26.8. The Morgan fingerprint density at radius 1 is 1.37 bits per heavy atom. The number of aromatic amines is 1. The highest BCUT2D eigenvalue weighted by Crippen LogP contribution is 2.16. The monoisotopic (exact) mass is 263 g/mol. The van der Waals surface area contributed by atoms with E-state index in [-0.39, 0.29) is 29.0 Å². The lowest BCUT2D eigenvalue weighted by Crippen LogP contribution is -2.47. The Bertz CT molecular complexity index is 510. The predicted molar refractivity (Wildman–Crippen MR) is 74.1 cm³/mol. The number of hydrogen-bond donors (Lipinski definition) is 3. The zero-order valence-electron chi connectivity index (χ0n) is 11.2. The van der Waals surface area contributed by atoms with E-state index >= 15 is 0 Å². The Kier molecular flexibility index (Phi) is 4.37. The zero-order chi connectivity index (χ0) is 13.8. The normalized spacial score (nSPS) is 23.7. The smallest absolute Gasteiger partial charge is 0.257 e. The maximum absolute atomic E-state index is 12.1. The van der Waals surface area contributed by atoms with Crippen molar-refractivity contribution < 1.29 is 4.79 Å². The third kappa shape index (κ3) is 3.44. The van der Waals surface area contributed by atoms with E-state index in [9.17, 15) is 9.59 Å². The molecule has 1 aliphatic rings. The Hall–Kier alpha value is -1.62. The minimum Gasteiger partial charge on any atom is -0.364 e. The average Bonchev–Trinajstić information content (AvgIpc) is 2.55. The van der Waals surface area contributed by atoms with E-state index in [1.165, 1.54) is 12.3 Å². The molecule has 1 aromatic heterocycles. The van der Waals surface area contributed by atoms with Gasteiger partial charge in [0.2, 0.25) is 0 Å². The fourth-order valence-electron chi connectivity index (χ4n) is 2.51. The molecule has 0 aliphatic heterocycles. The summed E-state index contributed by atoms with van der Waals surface area (Å²) >= 11 is 0. The van der Waals surface area contributed by atoms with Crippen LogP contribution in [0.5, 0.6) is 0 Å². The summed E-state index contributed by atoms with van der Waals surface area (Å²) in [5.41, 5.74) is 6.71. The summed E-state index contributed by atoms with van der Waals surface area (Å²) in [5.74, 6) is -0.330. The van der Waals surface area contributed by atoms with Crippen LogP contribution in [0.2, 0.25) is 0 Å². The molecule has 4 N–H and O–H groups in total. The summed E-state index contributed by atoms with van der Waals surface area (Å²) in [6.45, 7) is 1.78. The molecule has 0 spiro atoms. The SMILES string of the molecule is Cc1cc(=O)c(C(=O)NC2CCCCCC2N)c[nH]1. The number of carbonyl (C=O) groups is 1. The van der Waals surface area contributed by atoms with Crippen LogP contribution in [-0.2, 0) is 0 Å². The topological polar surface area (TPSA) is 88.0 Å². The zero-order valence-corrected chi connectivity index (χ0v) is 11.2. The quantitative estimate of drug-likeness (QED) is 0.697. The number of aromatic nitrogens is 1. The fourth-order valence-corrected chi connectivity index (χ4v) is 2.51. The number of nitrogens with two attached hydrogens (primary N) is 1. The summed E-state index contributed by atoms with van der Waals surface area (Å²) in [7, 11) is 0. The van der Waals surface area contributed by atoms with Crippen LogP contribution in [0.1, 0.15) is 48.2 Å². The molecule has 1 amide bonds. The first kappa shape index (κ1) is 13.8. The second kappa shape index (κ2) is 6.02. The summed E-state index contributed by atoms with van der Waals surface area (Å²) in [5, 5.41) is 2.90. The van der Waals surface area contributed by atoms with Gasteiger partial charge in [-0.1, -0.05) is 19.3 Å². The van der Waals surface area contributed by atoms with Gasteiger partial charge < -0.3 is 16.0 Å². The van der Waals surface area contributed by atoms with Crippen molar-refractivity contribution in [3.63, 3.8) is 0 Å². The van der Waals surface area contributed by atoms with E-state index in [2.05, 4.69) is 10.3 Å². The van der Waals surface area contributed by atoms with Gasteiger partial charge in [-0.2, -0.15) is 0 Å². The molecule has 2 atom stereocenters. The molecule has 104 valence electrons. The van der Waals surface area contributed by atoms with Crippen molar-refractivity contribution in [2.24, 2.45) is 5.73 Å². The van der Waals surface area contributed by atoms with Crippen LogP contribution < -0.4 is 16.5 Å². The molecule has 2 rings (SSSR count). The van der Waals surface area contributed by atoms with Crippen molar-refractivity contribution >= 4 is 5.91 Å². The van der Waals surface area contributed by atoms with E-state index in [1.54, 1.807) is 6.92 Å². The second-order valence-corrected chi connectivity index (χ2v) is 5.28. The third-order valence-corrected chi connectivity index (χ3v) is 3.69. The van der Waals surface area contributed by atoms with Crippen LogP contribution in [0.25, 0.3) is 0 Å². The molecule has 0 bridgehead atoms. The number of H-pyrrole nitrogens is 1. The summed E-state index contributed by atoms with van der Waals surface area (Å²) in [6.07, 6.45) is 6.62. The molecule has 0 radical (unpaired) electrons. The molecule has 0 aromatic carbocycles. The summed E-state index contributed by atoms with van der Waals surface area (Å²) < 4.78 is 0. The number of hydrogen-bond acceptors (Lipinski definition) is 3. The number of aryl methyl sites for hydroxylation is 1. The summed E-state index contributed by atoms with van der Waals surface area (Å²) in [6, 6.07) is 1.38. The van der Waals surface area contributed by atoms with Gasteiger partial charge in [0.15, 0.2) is 5.43 Å². The van der Waals surface area contributed by atoms with Crippen LogP contribution in [0, 0.1) is 6.92 Å². The van der Waals surface area contributed by atoms with Crippen molar-refractivity contribution in [1.82, 2.24) is 10.3 Å². The van der Waals surface area contributed by atoms with E-state index < -0.39 is 0 Å². The molecule has 1 saturated carbocycles. The first-order valence-corrected chi connectivity index (χ1v) is 6.83. The average molecular weight is 263 g/mol. The van der Waals surface area contributed by atoms with Gasteiger partial charge >= 0.3 is 0 Å². The molecule has 1 aromatic rings. The molecule has 5 nitrogen and oxygen atoms in total. The maximum atomic E-state index is 12.1. The molecule has 19 heavy (non-hydrogen) atoms. The number of amides is 1. The Balaban J connectivity index is 2.09. The van der Waals surface area contributed by atoms with Crippen LogP contribution >= 0.6 is 0 Å². The first-order valence-electron chi connectivity index (χ1n) is 6.83. The van der Waals surface area contributed by atoms with E-state index in [1.807, 2.05) is 0 Å². The van der Waals surface area contributed by atoms with Gasteiger partial charge in [0.1, 0.15) is 5.56 Å². The van der Waals surface area contributed by atoms with Gasteiger partial charge in [-0.25, -0.2) is 0 Å². The lowest BCUT2D eigenvalue weighted by molar-refractivity contribution is 0.0927. The van der Waals surface area contributed by atoms with Gasteiger partial charge in [-0.3, -0.25) is 9.59 Å². The van der Waals surface area contributed by atoms with Crippen LogP contribution in [0.4, 0.5) is 0 Å². The van der Waals surface area contributed by atoms with E-state index in [0.29, 0.717) is 0 Å². The Morgan fingerprint density at radius 2 is 2.11 bits per heavy atom. The van der Waals surface area contributed by atoms with Crippen LogP contribution in [-0.4, -0.2) is 23.0 Å². The minimum absolute atomic E-state index is 0.0176. The van der Waals surface area contributed by atoms with Gasteiger partial charge in [-0.15, -0.1) is 0 Å². The molecule has 1 heterocycles. The van der Waals surface area contributed by atoms with Gasteiger partial charge in [0, 0.05) is 30.0 Å². The minimum atomic E-state index is -0.330. The van der Waals surface area contributed by atoms with Crippen molar-refractivity contribution in [1.29, 1.82) is 0 Å². The largest absolute Gasteiger partial charge is 0.364 e. The molecule has 5 heteroatoms. The van der Waals surface area contributed by atoms with Crippen molar-refractivity contribution in [2.45, 2.75) is 51.1 Å². The molecular formula is C14H21N3O2. The van der Waals surface area contributed by atoms with Crippen molar-refractivity contribution in [3.05, 3.63) is 33.7 Å². The van der Waals surface area contributed by atoms with Crippen LogP contribution in [0.3, 0.4) is 0 Å². The van der Waals surface area contributed by atoms with Gasteiger partial charge in [-0.05, 0) is 19.8 Å². The molecule has 0 saturated heterocycles. The number of carbonyl (C=O) groups excluding carboxylic acids is 1. The highest BCUT2D eigenvalue weighted by Gasteiger charge is 2.23. The lowest BCUT2D eigenvalue weighted by atomic mass is 10.0. The number of nitrogens with one attached hydrogen (secondary N) is 2. The first-order chi connectivity index (χ1) is 9.08.